The first kappa shape index (κ1) is 12.5. The summed E-state index contributed by atoms with van der Waals surface area (Å²) < 4.78 is 0. The van der Waals surface area contributed by atoms with Gasteiger partial charge in [0.1, 0.15) is 5.82 Å². The van der Waals surface area contributed by atoms with E-state index in [-0.39, 0.29) is 6.04 Å². The van der Waals surface area contributed by atoms with Gasteiger partial charge in [-0.1, -0.05) is 24.3 Å². The number of pyridine rings is 1. The van der Waals surface area contributed by atoms with Crippen LogP contribution in [0.1, 0.15) is 28.3 Å². The zero-order valence-corrected chi connectivity index (χ0v) is 10.6. The fourth-order valence-corrected chi connectivity index (χ4v) is 2.21. The molecule has 4 heteroatoms. The van der Waals surface area contributed by atoms with Crippen LogP contribution in [0, 0.1) is 13.8 Å². The standard InChI is InChI=1S/C14H18N4/c1-9-5-3-4-6-11(9)13(18-16)12-10(2)7-8-17-14(12)15/h3-8,13,18H,16H2,1-2H3,(H2,15,17). The van der Waals surface area contributed by atoms with Crippen LogP contribution in [0.25, 0.3) is 0 Å². The number of hydrogen-bond donors (Lipinski definition) is 3. The minimum Gasteiger partial charge on any atom is -0.383 e. The molecule has 0 saturated carbocycles. The molecule has 18 heavy (non-hydrogen) atoms. The Morgan fingerprint density at radius 1 is 1.11 bits per heavy atom. The fourth-order valence-electron chi connectivity index (χ4n) is 2.21. The molecule has 0 amide bonds. The lowest BCUT2D eigenvalue weighted by Crippen LogP contribution is -2.30. The van der Waals surface area contributed by atoms with E-state index in [0.29, 0.717) is 5.82 Å². The molecule has 0 bridgehead atoms. The Labute approximate surface area is 107 Å². The maximum absolute atomic E-state index is 5.98. The highest BCUT2D eigenvalue weighted by atomic mass is 15.2. The van der Waals surface area contributed by atoms with Gasteiger partial charge < -0.3 is 5.73 Å². The summed E-state index contributed by atoms with van der Waals surface area (Å²) in [6.45, 7) is 4.07. The van der Waals surface area contributed by atoms with E-state index in [1.165, 1.54) is 5.56 Å². The van der Waals surface area contributed by atoms with Crippen LogP contribution < -0.4 is 17.0 Å². The minimum absolute atomic E-state index is 0.139. The third-order valence-corrected chi connectivity index (χ3v) is 3.19. The lowest BCUT2D eigenvalue weighted by Gasteiger charge is -2.21. The van der Waals surface area contributed by atoms with Crippen molar-refractivity contribution in [2.24, 2.45) is 5.84 Å². The van der Waals surface area contributed by atoms with E-state index in [2.05, 4.69) is 23.4 Å². The Balaban J connectivity index is 2.56. The third-order valence-electron chi connectivity index (χ3n) is 3.19. The number of aryl methyl sites for hydroxylation is 2. The molecule has 1 heterocycles. The van der Waals surface area contributed by atoms with Gasteiger partial charge in [0.2, 0.25) is 0 Å². The van der Waals surface area contributed by atoms with E-state index >= 15 is 0 Å². The lowest BCUT2D eigenvalue weighted by molar-refractivity contribution is 0.630. The molecule has 1 aromatic carbocycles. The SMILES string of the molecule is Cc1ccccc1C(NN)c1c(C)ccnc1N. The highest BCUT2D eigenvalue weighted by Gasteiger charge is 2.19. The van der Waals surface area contributed by atoms with E-state index in [1.54, 1.807) is 6.20 Å². The molecular weight excluding hydrogens is 224 g/mol. The Bertz CT molecular complexity index is 531. The van der Waals surface area contributed by atoms with Gasteiger partial charge in [-0.2, -0.15) is 0 Å². The quantitative estimate of drug-likeness (QED) is 0.567. The second kappa shape index (κ2) is 5.16. The number of hydrazine groups is 1. The van der Waals surface area contributed by atoms with E-state index in [0.717, 1.165) is 16.7 Å². The molecule has 2 rings (SSSR count). The van der Waals surface area contributed by atoms with Crippen molar-refractivity contribution in [3.8, 4) is 0 Å². The topological polar surface area (TPSA) is 77.0 Å². The predicted octanol–water partition coefficient (Wildman–Crippen LogP) is 1.83. The average Bonchev–Trinajstić information content (AvgIpc) is 2.35. The predicted molar refractivity (Wildman–Crippen MR) is 73.7 cm³/mol. The summed E-state index contributed by atoms with van der Waals surface area (Å²) in [5.41, 5.74) is 13.1. The molecule has 0 saturated heterocycles. The van der Waals surface area contributed by atoms with Crippen molar-refractivity contribution in [2.75, 3.05) is 5.73 Å². The average molecular weight is 242 g/mol. The van der Waals surface area contributed by atoms with Crippen LogP contribution in [-0.4, -0.2) is 4.98 Å². The number of rotatable bonds is 3. The number of aromatic nitrogens is 1. The van der Waals surface area contributed by atoms with Crippen molar-refractivity contribution >= 4 is 5.82 Å². The molecule has 94 valence electrons. The van der Waals surface area contributed by atoms with Gasteiger partial charge in [-0.3, -0.25) is 5.84 Å². The minimum atomic E-state index is -0.139. The number of nitrogens with two attached hydrogens (primary N) is 2. The number of nitrogens with zero attached hydrogens (tertiary/aromatic N) is 1. The number of anilines is 1. The van der Waals surface area contributed by atoms with Crippen LogP contribution in [0.4, 0.5) is 5.82 Å². The summed E-state index contributed by atoms with van der Waals surface area (Å²) >= 11 is 0. The number of nitrogens with one attached hydrogen (secondary N) is 1. The van der Waals surface area contributed by atoms with Gasteiger partial charge in [0, 0.05) is 11.8 Å². The van der Waals surface area contributed by atoms with Crippen molar-refractivity contribution < 1.29 is 0 Å². The van der Waals surface area contributed by atoms with Crippen LogP contribution >= 0.6 is 0 Å². The van der Waals surface area contributed by atoms with Gasteiger partial charge in [-0.05, 0) is 36.6 Å². The Hall–Kier alpha value is -1.91. The Morgan fingerprint density at radius 2 is 1.83 bits per heavy atom. The smallest absolute Gasteiger partial charge is 0.128 e. The van der Waals surface area contributed by atoms with Gasteiger partial charge in [0.05, 0.1) is 6.04 Å². The van der Waals surface area contributed by atoms with Gasteiger partial charge in [-0.15, -0.1) is 0 Å². The summed E-state index contributed by atoms with van der Waals surface area (Å²) in [5.74, 6) is 6.23. The fraction of sp³-hybridized carbons (Fsp3) is 0.214. The van der Waals surface area contributed by atoms with Crippen molar-refractivity contribution in [1.29, 1.82) is 0 Å². The lowest BCUT2D eigenvalue weighted by atomic mass is 9.93. The Morgan fingerprint density at radius 3 is 2.44 bits per heavy atom. The molecular formula is C14H18N4. The largest absolute Gasteiger partial charge is 0.383 e. The van der Waals surface area contributed by atoms with Crippen LogP contribution in [0.5, 0.6) is 0 Å². The molecule has 0 aliphatic carbocycles. The molecule has 2 aromatic rings. The van der Waals surface area contributed by atoms with Crippen LogP contribution in [0.15, 0.2) is 36.5 Å². The maximum atomic E-state index is 5.98. The summed E-state index contributed by atoms with van der Waals surface area (Å²) in [4.78, 5) is 4.15. The normalized spacial score (nSPS) is 12.4. The Kier molecular flexibility index (Phi) is 3.60. The molecule has 0 aliphatic heterocycles. The van der Waals surface area contributed by atoms with Crippen LogP contribution in [-0.2, 0) is 0 Å². The second-order valence-electron chi connectivity index (χ2n) is 4.38. The monoisotopic (exact) mass is 242 g/mol. The number of benzene rings is 1. The summed E-state index contributed by atoms with van der Waals surface area (Å²) in [6, 6.07) is 9.90. The molecule has 1 atom stereocenters. The molecule has 5 N–H and O–H groups in total. The van der Waals surface area contributed by atoms with E-state index in [4.69, 9.17) is 11.6 Å². The van der Waals surface area contributed by atoms with Gasteiger partial charge in [0.15, 0.2) is 0 Å². The van der Waals surface area contributed by atoms with Gasteiger partial charge >= 0.3 is 0 Å². The highest BCUT2D eigenvalue weighted by Crippen LogP contribution is 2.29. The highest BCUT2D eigenvalue weighted by molar-refractivity contribution is 5.50. The van der Waals surface area contributed by atoms with Crippen molar-refractivity contribution in [1.82, 2.24) is 10.4 Å². The molecule has 0 fully saturated rings. The molecule has 0 radical (unpaired) electrons. The van der Waals surface area contributed by atoms with Gasteiger partial charge in [0.25, 0.3) is 0 Å². The van der Waals surface area contributed by atoms with E-state index in [9.17, 15) is 0 Å². The maximum Gasteiger partial charge on any atom is 0.128 e. The van der Waals surface area contributed by atoms with Crippen molar-refractivity contribution in [3.63, 3.8) is 0 Å². The molecule has 1 aromatic heterocycles. The van der Waals surface area contributed by atoms with Crippen LogP contribution in [0.2, 0.25) is 0 Å². The van der Waals surface area contributed by atoms with Gasteiger partial charge in [-0.25, -0.2) is 10.4 Å². The molecule has 0 aliphatic rings. The number of hydrogen-bond acceptors (Lipinski definition) is 4. The van der Waals surface area contributed by atoms with Crippen molar-refractivity contribution in [2.45, 2.75) is 19.9 Å². The first-order valence-electron chi connectivity index (χ1n) is 5.87. The third kappa shape index (κ3) is 2.20. The first-order valence-corrected chi connectivity index (χ1v) is 5.87. The molecule has 0 spiro atoms. The van der Waals surface area contributed by atoms with E-state index in [1.807, 2.05) is 31.2 Å². The zero-order valence-electron chi connectivity index (χ0n) is 10.6. The summed E-state index contributed by atoms with van der Waals surface area (Å²) in [6.07, 6.45) is 1.71. The second-order valence-corrected chi connectivity index (χ2v) is 4.38. The van der Waals surface area contributed by atoms with Crippen molar-refractivity contribution in [3.05, 3.63) is 58.8 Å². The molecule has 1 unspecified atom stereocenters. The first-order chi connectivity index (χ1) is 8.65. The summed E-state index contributed by atoms with van der Waals surface area (Å²) in [7, 11) is 0. The van der Waals surface area contributed by atoms with E-state index < -0.39 is 0 Å². The number of nitrogen functional groups attached to an aromatic ring is 1. The molecule has 4 nitrogen and oxygen atoms in total. The zero-order chi connectivity index (χ0) is 13.1. The summed E-state index contributed by atoms with van der Waals surface area (Å²) in [5, 5.41) is 0. The van der Waals surface area contributed by atoms with Crippen LogP contribution in [0.3, 0.4) is 0 Å².